The Hall–Kier alpha value is -1.12. The molecule has 6 nitrogen and oxygen atoms in total. The van der Waals surface area contributed by atoms with E-state index in [9.17, 15) is 10.1 Å². The van der Waals surface area contributed by atoms with Gasteiger partial charge >= 0.3 is 0 Å². The summed E-state index contributed by atoms with van der Waals surface area (Å²) in [4.78, 5) is 16.7. The molecule has 0 atom stereocenters. The fourth-order valence-electron chi connectivity index (χ4n) is 1.68. The zero-order chi connectivity index (χ0) is 15.7. The largest absolute Gasteiger partial charge is 0.386 e. The van der Waals surface area contributed by atoms with Crippen LogP contribution < -0.4 is 5.32 Å². The van der Waals surface area contributed by atoms with Crippen molar-refractivity contribution in [1.82, 2.24) is 15.2 Å². The molecule has 1 N–H and O–H groups in total. The minimum atomic E-state index is -0.416. The molecule has 0 saturated carbocycles. The topological polar surface area (TPSA) is 71.3 Å². The smallest absolute Gasteiger partial charge is 0.253 e. The first kappa shape index (κ1) is 17.9. The molecule has 0 saturated heterocycles. The number of aromatic nitrogens is 1. The summed E-state index contributed by atoms with van der Waals surface area (Å²) >= 11 is 3.51. The van der Waals surface area contributed by atoms with Crippen molar-refractivity contribution >= 4 is 23.1 Å². The van der Waals surface area contributed by atoms with Crippen LogP contribution in [0.15, 0.2) is 17.3 Å². The molecular weight excluding hydrogens is 308 g/mol. The zero-order valence-electron chi connectivity index (χ0n) is 12.7. The molecule has 21 heavy (non-hydrogen) atoms. The number of nitrogens with one attached hydrogen (secondary N) is 1. The molecule has 1 heterocycles. The Kier molecular flexibility index (Phi) is 8.33. The molecule has 0 unspecified atom stereocenters. The zero-order valence-corrected chi connectivity index (χ0v) is 14.3. The number of hydrogen-bond donors (Lipinski definition) is 1. The van der Waals surface area contributed by atoms with Crippen LogP contribution in [-0.4, -0.2) is 41.7 Å². The van der Waals surface area contributed by atoms with Gasteiger partial charge in [-0.3, -0.25) is 10.1 Å². The highest BCUT2D eigenvalue weighted by Crippen LogP contribution is 2.18. The Bertz CT molecular complexity index is 474. The average molecular weight is 330 g/mol. The maximum absolute atomic E-state index is 10.4. The fourth-order valence-corrected chi connectivity index (χ4v) is 3.55. The van der Waals surface area contributed by atoms with Crippen molar-refractivity contribution in [3.05, 3.63) is 38.1 Å². The van der Waals surface area contributed by atoms with Crippen LogP contribution in [0, 0.1) is 10.1 Å². The molecule has 0 aliphatic carbocycles. The van der Waals surface area contributed by atoms with Gasteiger partial charge in [0.25, 0.3) is 6.20 Å². The van der Waals surface area contributed by atoms with E-state index in [1.807, 2.05) is 25.9 Å². The van der Waals surface area contributed by atoms with Crippen molar-refractivity contribution in [3.8, 4) is 0 Å². The Morgan fingerprint density at radius 1 is 1.62 bits per heavy atom. The minimum absolute atomic E-state index is 0.416. The third-order valence-corrected chi connectivity index (χ3v) is 4.58. The number of nitrogens with zero attached hydrogens (tertiary/aromatic N) is 3. The monoisotopic (exact) mass is 330 g/mol. The summed E-state index contributed by atoms with van der Waals surface area (Å²) in [6, 6.07) is 0. The second-order valence-electron chi connectivity index (χ2n) is 4.82. The van der Waals surface area contributed by atoms with E-state index >= 15 is 0 Å². The maximum atomic E-state index is 10.4. The van der Waals surface area contributed by atoms with Crippen molar-refractivity contribution in [2.24, 2.45) is 0 Å². The first-order valence-electron chi connectivity index (χ1n) is 6.69. The van der Waals surface area contributed by atoms with Gasteiger partial charge < -0.3 is 10.2 Å². The van der Waals surface area contributed by atoms with Crippen molar-refractivity contribution in [2.75, 3.05) is 26.9 Å². The van der Waals surface area contributed by atoms with Crippen LogP contribution in [0.1, 0.15) is 23.5 Å². The van der Waals surface area contributed by atoms with Gasteiger partial charge in [0.1, 0.15) is 5.01 Å². The average Bonchev–Trinajstić information content (AvgIpc) is 2.83. The van der Waals surface area contributed by atoms with Gasteiger partial charge in [0.2, 0.25) is 0 Å². The fraction of sp³-hybridized carbons (Fsp3) is 0.615. The summed E-state index contributed by atoms with van der Waals surface area (Å²) in [5, 5.41) is 16.5. The molecule has 8 heteroatoms. The van der Waals surface area contributed by atoms with E-state index in [0.717, 1.165) is 41.4 Å². The molecule has 1 aromatic heterocycles. The van der Waals surface area contributed by atoms with Crippen LogP contribution in [0.5, 0.6) is 0 Å². The Morgan fingerprint density at radius 3 is 3.00 bits per heavy atom. The Morgan fingerprint density at radius 2 is 2.38 bits per heavy atom. The van der Waals surface area contributed by atoms with Crippen molar-refractivity contribution in [3.63, 3.8) is 0 Å². The molecule has 118 valence electrons. The summed E-state index contributed by atoms with van der Waals surface area (Å²) < 4.78 is 0. The number of allylic oxidation sites excluding steroid dienone is 1. The van der Waals surface area contributed by atoms with Crippen molar-refractivity contribution in [1.29, 1.82) is 0 Å². The van der Waals surface area contributed by atoms with Crippen molar-refractivity contribution in [2.45, 2.75) is 25.1 Å². The van der Waals surface area contributed by atoms with E-state index in [-0.39, 0.29) is 0 Å². The highest BCUT2D eigenvalue weighted by molar-refractivity contribution is 7.98. The van der Waals surface area contributed by atoms with Crippen molar-refractivity contribution < 1.29 is 4.92 Å². The molecule has 1 aromatic rings. The summed E-state index contributed by atoms with van der Waals surface area (Å²) in [5.74, 6) is 1.87. The summed E-state index contributed by atoms with van der Waals surface area (Å²) in [5.41, 5.74) is 1.79. The van der Waals surface area contributed by atoms with E-state index in [1.165, 1.54) is 0 Å². The van der Waals surface area contributed by atoms with Gasteiger partial charge in [-0.1, -0.05) is 0 Å². The number of rotatable bonds is 10. The molecule has 0 bridgehead atoms. The highest BCUT2D eigenvalue weighted by Gasteiger charge is 2.04. The van der Waals surface area contributed by atoms with Crippen LogP contribution in [0.3, 0.4) is 0 Å². The summed E-state index contributed by atoms with van der Waals surface area (Å²) in [6.07, 6.45) is 2.66. The first-order valence-corrected chi connectivity index (χ1v) is 8.72. The molecule has 1 rings (SSSR count). The maximum Gasteiger partial charge on any atom is 0.253 e. The van der Waals surface area contributed by atoms with Gasteiger partial charge in [0.05, 0.1) is 16.3 Å². The van der Waals surface area contributed by atoms with E-state index in [2.05, 4.69) is 20.6 Å². The molecule has 0 fully saturated rings. The van der Waals surface area contributed by atoms with E-state index in [1.54, 1.807) is 18.4 Å². The minimum Gasteiger partial charge on any atom is -0.386 e. The lowest BCUT2D eigenvalue weighted by Crippen LogP contribution is -2.10. The number of hydrogen-bond acceptors (Lipinski definition) is 7. The lowest BCUT2D eigenvalue weighted by atomic mass is 10.3. The second-order valence-corrected chi connectivity index (χ2v) is 6.86. The van der Waals surface area contributed by atoms with E-state index in [4.69, 9.17) is 0 Å². The Balaban J connectivity index is 2.22. The van der Waals surface area contributed by atoms with E-state index < -0.39 is 4.92 Å². The molecule has 0 aliphatic heterocycles. The van der Waals surface area contributed by atoms with Gasteiger partial charge in [-0.2, -0.15) is 11.8 Å². The van der Waals surface area contributed by atoms with Crippen LogP contribution >= 0.6 is 23.1 Å². The molecule has 0 aliphatic rings. The number of thioether (sulfide) groups is 1. The normalized spacial score (nSPS) is 11.9. The number of thiazole rings is 1. The molecule has 0 aromatic carbocycles. The lowest BCUT2D eigenvalue weighted by molar-refractivity contribution is -0.403. The summed E-state index contributed by atoms with van der Waals surface area (Å²) in [6.45, 7) is 0.881. The highest BCUT2D eigenvalue weighted by atomic mass is 32.2. The molecule has 0 spiro atoms. The number of nitro groups is 1. The molecule has 0 amide bonds. The van der Waals surface area contributed by atoms with Gasteiger partial charge in [-0.25, -0.2) is 4.98 Å². The van der Waals surface area contributed by atoms with Crippen LogP contribution in [-0.2, 0) is 12.3 Å². The predicted octanol–water partition coefficient (Wildman–Crippen LogP) is 2.56. The van der Waals surface area contributed by atoms with Gasteiger partial charge in [0.15, 0.2) is 0 Å². The van der Waals surface area contributed by atoms with Gasteiger partial charge in [0, 0.05) is 24.7 Å². The van der Waals surface area contributed by atoms with Gasteiger partial charge in [-0.05, 0) is 32.7 Å². The molecular formula is C13H22N4O2S2. The third-order valence-electron chi connectivity index (χ3n) is 2.62. The third kappa shape index (κ3) is 8.03. The summed E-state index contributed by atoms with van der Waals surface area (Å²) in [7, 11) is 5.78. The lowest BCUT2D eigenvalue weighted by Gasteiger charge is -2.05. The Labute approximate surface area is 133 Å². The van der Waals surface area contributed by atoms with Crippen LogP contribution in [0.25, 0.3) is 0 Å². The predicted molar refractivity (Wildman–Crippen MR) is 89.0 cm³/mol. The van der Waals surface area contributed by atoms with Gasteiger partial charge in [-0.15, -0.1) is 11.3 Å². The standard InChI is InChI=1S/C13H22N4O2S2/c1-14-11(7-17(18)19)5-4-6-20-9-12-10-21-13(15-12)8-16(2)3/h7,10,14H,4-6,8-9H2,1-3H3. The van der Waals surface area contributed by atoms with E-state index in [0.29, 0.717) is 12.1 Å². The quantitative estimate of drug-likeness (QED) is 0.404. The first-order chi connectivity index (χ1) is 10.0. The second kappa shape index (κ2) is 9.75. The SMILES string of the molecule is CNC(=C[N+](=O)[O-])CCCSCc1csc(CN(C)C)n1. The molecule has 0 radical (unpaired) electrons. The van der Waals surface area contributed by atoms with Crippen LogP contribution in [0.2, 0.25) is 0 Å². The van der Waals surface area contributed by atoms with Crippen LogP contribution in [0.4, 0.5) is 0 Å².